The molecule has 3 aromatic rings. The van der Waals surface area contributed by atoms with Gasteiger partial charge < -0.3 is 4.90 Å². The third-order valence-electron chi connectivity index (χ3n) is 2.92. The summed E-state index contributed by atoms with van der Waals surface area (Å²) in [5.74, 6) is 0.666. The molecule has 7 heteroatoms. The first-order valence-electron chi connectivity index (χ1n) is 6.13. The Morgan fingerprint density at radius 2 is 1.90 bits per heavy atom. The number of rotatable bonds is 3. The molecule has 0 aliphatic heterocycles. The highest BCUT2D eigenvalue weighted by molar-refractivity contribution is 6.28. The molecule has 102 valence electrons. The van der Waals surface area contributed by atoms with E-state index in [1.165, 1.54) is 0 Å². The van der Waals surface area contributed by atoms with E-state index in [2.05, 4.69) is 20.3 Å². The maximum absolute atomic E-state index is 5.98. The Morgan fingerprint density at radius 1 is 1.15 bits per heavy atom. The number of aromatic nitrogens is 5. The summed E-state index contributed by atoms with van der Waals surface area (Å²) in [6, 6.07) is 10.0. The van der Waals surface area contributed by atoms with Crippen molar-refractivity contribution in [2.75, 3.05) is 19.0 Å². The summed E-state index contributed by atoms with van der Waals surface area (Å²) in [6.45, 7) is 0.595. The van der Waals surface area contributed by atoms with Crippen LogP contribution < -0.4 is 4.90 Å². The van der Waals surface area contributed by atoms with E-state index in [0.717, 1.165) is 5.56 Å². The molecule has 6 nitrogen and oxygen atoms in total. The van der Waals surface area contributed by atoms with Crippen LogP contribution in [0.1, 0.15) is 5.56 Å². The van der Waals surface area contributed by atoms with Crippen molar-refractivity contribution in [2.24, 2.45) is 0 Å². The summed E-state index contributed by atoms with van der Waals surface area (Å²) in [6.07, 6.45) is 0. The summed E-state index contributed by atoms with van der Waals surface area (Å²) < 4.78 is 1.73. The lowest BCUT2D eigenvalue weighted by Gasteiger charge is -2.11. The van der Waals surface area contributed by atoms with Crippen molar-refractivity contribution in [1.29, 1.82) is 0 Å². The summed E-state index contributed by atoms with van der Waals surface area (Å²) in [7, 11) is 3.77. The summed E-state index contributed by atoms with van der Waals surface area (Å²) in [5.41, 5.74) is 2.41. The zero-order valence-corrected chi connectivity index (χ0v) is 11.9. The predicted octanol–water partition coefficient (Wildman–Crippen LogP) is 1.99. The molecular formula is C13H13ClN6. The second-order valence-corrected chi connectivity index (χ2v) is 4.95. The highest BCUT2D eigenvalue weighted by Crippen LogP contribution is 2.22. The van der Waals surface area contributed by atoms with Gasteiger partial charge in [-0.1, -0.05) is 35.5 Å². The number of hydrogen-bond acceptors (Lipinski definition) is 5. The molecule has 2 aromatic heterocycles. The third-order valence-corrected chi connectivity index (χ3v) is 3.08. The standard InChI is InChI=1S/C13H13ClN6/c1-19(2)11-10-12(16-13(14)15-11)20(18-17-10)8-9-6-4-3-5-7-9/h3-7H,8H2,1-2H3. The van der Waals surface area contributed by atoms with Crippen molar-refractivity contribution in [2.45, 2.75) is 6.54 Å². The lowest BCUT2D eigenvalue weighted by molar-refractivity contribution is 0.664. The van der Waals surface area contributed by atoms with Crippen LogP contribution in [0.5, 0.6) is 0 Å². The van der Waals surface area contributed by atoms with Gasteiger partial charge in [-0.25, -0.2) is 4.68 Å². The van der Waals surface area contributed by atoms with E-state index in [9.17, 15) is 0 Å². The van der Waals surface area contributed by atoms with Crippen molar-refractivity contribution in [3.63, 3.8) is 0 Å². The molecule has 0 aliphatic carbocycles. The SMILES string of the molecule is CN(C)c1nc(Cl)nc2c1nnn2Cc1ccccc1. The fraction of sp³-hybridized carbons (Fsp3) is 0.231. The minimum atomic E-state index is 0.192. The van der Waals surface area contributed by atoms with Crippen molar-refractivity contribution in [3.8, 4) is 0 Å². The largest absolute Gasteiger partial charge is 0.361 e. The molecule has 0 radical (unpaired) electrons. The summed E-state index contributed by atoms with van der Waals surface area (Å²) in [4.78, 5) is 10.3. The smallest absolute Gasteiger partial charge is 0.226 e. The summed E-state index contributed by atoms with van der Waals surface area (Å²) >= 11 is 5.98. The van der Waals surface area contributed by atoms with Gasteiger partial charge in [0.2, 0.25) is 5.28 Å². The molecule has 0 unspecified atom stereocenters. The van der Waals surface area contributed by atoms with Crippen LogP contribution in [0.3, 0.4) is 0 Å². The number of nitrogens with zero attached hydrogens (tertiary/aromatic N) is 6. The molecule has 0 saturated carbocycles. The Labute approximate surface area is 121 Å². The minimum absolute atomic E-state index is 0.192. The second-order valence-electron chi connectivity index (χ2n) is 4.62. The molecule has 0 saturated heterocycles. The molecule has 0 atom stereocenters. The molecule has 0 aliphatic rings. The molecule has 0 bridgehead atoms. The maximum atomic E-state index is 5.98. The monoisotopic (exact) mass is 288 g/mol. The molecule has 1 aromatic carbocycles. The Morgan fingerprint density at radius 3 is 2.60 bits per heavy atom. The molecule has 3 rings (SSSR count). The first-order valence-corrected chi connectivity index (χ1v) is 6.51. The van der Waals surface area contributed by atoms with Gasteiger partial charge in [0.15, 0.2) is 17.0 Å². The molecular weight excluding hydrogens is 276 g/mol. The topological polar surface area (TPSA) is 59.7 Å². The van der Waals surface area contributed by atoms with Crippen LogP contribution in [0, 0.1) is 0 Å². The van der Waals surface area contributed by atoms with Crippen LogP contribution in [-0.4, -0.2) is 39.1 Å². The predicted molar refractivity (Wildman–Crippen MR) is 78.0 cm³/mol. The van der Waals surface area contributed by atoms with Gasteiger partial charge in [0.1, 0.15) is 0 Å². The first-order chi connectivity index (χ1) is 9.65. The van der Waals surface area contributed by atoms with E-state index in [1.54, 1.807) is 4.68 Å². The highest BCUT2D eigenvalue weighted by Gasteiger charge is 2.15. The maximum Gasteiger partial charge on any atom is 0.226 e. The van der Waals surface area contributed by atoms with Crippen molar-refractivity contribution < 1.29 is 0 Å². The average molecular weight is 289 g/mol. The molecule has 0 N–H and O–H groups in total. The quantitative estimate of drug-likeness (QED) is 0.690. The molecule has 2 heterocycles. The van der Waals surface area contributed by atoms with E-state index >= 15 is 0 Å². The van der Waals surface area contributed by atoms with Gasteiger partial charge in [-0.15, -0.1) is 5.10 Å². The zero-order valence-electron chi connectivity index (χ0n) is 11.2. The van der Waals surface area contributed by atoms with E-state index in [0.29, 0.717) is 23.5 Å². The van der Waals surface area contributed by atoms with E-state index in [1.807, 2.05) is 49.3 Å². The fourth-order valence-corrected chi connectivity index (χ4v) is 2.15. The van der Waals surface area contributed by atoms with Gasteiger partial charge in [-0.05, 0) is 17.2 Å². The Bertz CT molecular complexity index is 737. The Hall–Kier alpha value is -2.21. The molecule has 0 spiro atoms. The average Bonchev–Trinajstić information content (AvgIpc) is 2.82. The summed E-state index contributed by atoms with van der Waals surface area (Å²) in [5, 5.41) is 8.51. The van der Waals surface area contributed by atoms with Crippen molar-refractivity contribution >= 4 is 28.6 Å². The number of anilines is 1. The van der Waals surface area contributed by atoms with Crippen LogP contribution in [0.2, 0.25) is 5.28 Å². The van der Waals surface area contributed by atoms with Gasteiger partial charge in [0, 0.05) is 14.1 Å². The lowest BCUT2D eigenvalue weighted by Crippen LogP contribution is -2.12. The number of benzene rings is 1. The van der Waals surface area contributed by atoms with Gasteiger partial charge in [-0.2, -0.15) is 9.97 Å². The fourth-order valence-electron chi connectivity index (χ4n) is 1.99. The van der Waals surface area contributed by atoms with Crippen LogP contribution >= 0.6 is 11.6 Å². The van der Waals surface area contributed by atoms with Gasteiger partial charge in [0.25, 0.3) is 0 Å². The molecule has 20 heavy (non-hydrogen) atoms. The first kappa shape index (κ1) is 12.8. The van der Waals surface area contributed by atoms with Gasteiger partial charge >= 0.3 is 0 Å². The number of hydrogen-bond donors (Lipinski definition) is 0. The van der Waals surface area contributed by atoms with Crippen LogP contribution in [-0.2, 0) is 6.54 Å². The Balaban J connectivity index is 2.09. The van der Waals surface area contributed by atoms with Crippen molar-refractivity contribution in [3.05, 3.63) is 41.2 Å². The molecule has 0 fully saturated rings. The van der Waals surface area contributed by atoms with Crippen LogP contribution in [0.15, 0.2) is 30.3 Å². The molecule has 0 amide bonds. The zero-order chi connectivity index (χ0) is 14.1. The number of halogens is 1. The minimum Gasteiger partial charge on any atom is -0.361 e. The number of fused-ring (bicyclic) bond motifs is 1. The van der Waals surface area contributed by atoms with E-state index in [4.69, 9.17) is 11.6 Å². The van der Waals surface area contributed by atoms with E-state index in [-0.39, 0.29) is 5.28 Å². The van der Waals surface area contributed by atoms with E-state index < -0.39 is 0 Å². The van der Waals surface area contributed by atoms with Crippen LogP contribution in [0.25, 0.3) is 11.2 Å². The highest BCUT2D eigenvalue weighted by atomic mass is 35.5. The third kappa shape index (κ3) is 2.30. The Kier molecular flexibility index (Phi) is 3.23. The lowest BCUT2D eigenvalue weighted by atomic mass is 10.2. The normalized spacial score (nSPS) is 10.9. The van der Waals surface area contributed by atoms with Crippen LogP contribution in [0.4, 0.5) is 5.82 Å². The second kappa shape index (κ2) is 5.05. The van der Waals surface area contributed by atoms with Gasteiger partial charge in [0.05, 0.1) is 6.54 Å². The van der Waals surface area contributed by atoms with Crippen molar-refractivity contribution in [1.82, 2.24) is 25.0 Å². The van der Waals surface area contributed by atoms with Gasteiger partial charge in [-0.3, -0.25) is 0 Å².